The molecule has 2 aromatic rings. The lowest BCUT2D eigenvalue weighted by atomic mass is 10.1. The van der Waals surface area contributed by atoms with Gasteiger partial charge in [0.25, 0.3) is 5.91 Å². The monoisotopic (exact) mass is 429 g/mol. The second kappa shape index (κ2) is 14.0. The zero-order valence-corrected chi connectivity index (χ0v) is 19.6. The van der Waals surface area contributed by atoms with Gasteiger partial charge in [0.1, 0.15) is 0 Å². The molecule has 0 aliphatic carbocycles. The number of hydrogen-bond acceptors (Lipinski definition) is 4. The first-order valence-corrected chi connectivity index (χ1v) is 11.6. The zero-order valence-electron chi connectivity index (χ0n) is 19.6. The van der Waals surface area contributed by atoms with Gasteiger partial charge in [-0.05, 0) is 42.5 Å². The first-order chi connectivity index (χ1) is 15.0. The number of aromatic nitrogens is 2. The van der Waals surface area contributed by atoms with E-state index in [0.717, 1.165) is 18.6 Å². The molecule has 0 aliphatic heterocycles. The molecule has 6 heteroatoms. The highest BCUT2D eigenvalue weighted by atomic mass is 16.5. The molecule has 1 heterocycles. The molecule has 1 atom stereocenters. The lowest BCUT2D eigenvalue weighted by Gasteiger charge is -2.13. The number of nitrogens with zero attached hydrogens (tertiary/aromatic N) is 2. The summed E-state index contributed by atoms with van der Waals surface area (Å²) in [7, 11) is 0. The van der Waals surface area contributed by atoms with E-state index in [9.17, 15) is 4.79 Å². The van der Waals surface area contributed by atoms with Gasteiger partial charge in [0.05, 0.1) is 32.1 Å². The highest BCUT2D eigenvalue weighted by Gasteiger charge is 2.12. The van der Waals surface area contributed by atoms with E-state index in [1.165, 1.54) is 24.8 Å². The molecule has 0 spiro atoms. The van der Waals surface area contributed by atoms with Crippen molar-refractivity contribution in [1.29, 1.82) is 0 Å². The number of nitrogens with one attached hydrogen (secondary N) is 1. The molecule has 1 amide bonds. The van der Waals surface area contributed by atoms with Crippen molar-refractivity contribution in [2.24, 2.45) is 0 Å². The summed E-state index contributed by atoms with van der Waals surface area (Å²) < 4.78 is 13.0. The Morgan fingerprint density at radius 1 is 0.968 bits per heavy atom. The van der Waals surface area contributed by atoms with Crippen LogP contribution in [0.4, 0.5) is 0 Å². The predicted octanol–water partition coefficient (Wildman–Crippen LogP) is 4.96. The number of amides is 1. The van der Waals surface area contributed by atoms with Gasteiger partial charge in [0, 0.05) is 24.9 Å². The third kappa shape index (κ3) is 8.83. The van der Waals surface area contributed by atoms with Crippen LogP contribution in [0.5, 0.6) is 0 Å². The molecule has 0 fully saturated rings. The van der Waals surface area contributed by atoms with Gasteiger partial charge in [-0.2, -0.15) is 5.10 Å². The summed E-state index contributed by atoms with van der Waals surface area (Å²) in [4.78, 5) is 12.3. The van der Waals surface area contributed by atoms with Crippen LogP contribution < -0.4 is 5.32 Å². The van der Waals surface area contributed by atoms with Crippen molar-refractivity contribution in [2.75, 3.05) is 33.0 Å². The van der Waals surface area contributed by atoms with Gasteiger partial charge in [0.15, 0.2) is 0 Å². The third-order valence-electron chi connectivity index (χ3n) is 5.39. The molecule has 0 radical (unpaired) electrons. The zero-order chi connectivity index (χ0) is 22.5. The first-order valence-electron chi connectivity index (χ1n) is 11.6. The summed E-state index contributed by atoms with van der Waals surface area (Å²) in [6, 6.07) is 7.82. The molecule has 0 aliphatic rings. The van der Waals surface area contributed by atoms with Crippen LogP contribution in [-0.2, 0) is 9.47 Å². The van der Waals surface area contributed by atoms with E-state index >= 15 is 0 Å². The van der Waals surface area contributed by atoms with Gasteiger partial charge in [-0.3, -0.25) is 9.48 Å². The van der Waals surface area contributed by atoms with Crippen molar-refractivity contribution < 1.29 is 14.3 Å². The number of rotatable bonds is 15. The van der Waals surface area contributed by atoms with E-state index in [1.807, 2.05) is 35.1 Å². The molecule has 1 aromatic heterocycles. The molecular formula is C25H39N3O3. The van der Waals surface area contributed by atoms with Crippen molar-refractivity contribution >= 4 is 5.91 Å². The number of unbranched alkanes of at least 4 members (excludes halogenated alkanes) is 3. The molecule has 1 N–H and O–H groups in total. The van der Waals surface area contributed by atoms with Crippen LogP contribution in [0.1, 0.15) is 86.8 Å². The Hall–Kier alpha value is -2.18. The summed E-state index contributed by atoms with van der Waals surface area (Å²) in [5.74, 6) is 0.371. The van der Waals surface area contributed by atoms with Crippen LogP contribution in [0, 0.1) is 0 Å². The second-order valence-electron chi connectivity index (χ2n) is 8.25. The summed E-state index contributed by atoms with van der Waals surface area (Å²) in [6.07, 6.45) is 8.86. The van der Waals surface area contributed by atoms with E-state index in [1.54, 1.807) is 0 Å². The number of ether oxygens (including phenoxy) is 2. The van der Waals surface area contributed by atoms with Crippen LogP contribution in [0.2, 0.25) is 0 Å². The van der Waals surface area contributed by atoms with Crippen molar-refractivity contribution in [2.45, 2.75) is 65.3 Å². The molecule has 31 heavy (non-hydrogen) atoms. The largest absolute Gasteiger partial charge is 0.379 e. The standard InChI is InChI=1S/C25H39N3O3/c1-5-6-7-8-14-30-16-17-31-15-13-26-25(29)23-11-9-22(10-12-23)21(4)28-19-24(18-27-28)20(2)3/h9-12,18-21H,5-8,13-17H2,1-4H3,(H,26,29). The molecule has 0 saturated heterocycles. The van der Waals surface area contributed by atoms with Crippen LogP contribution in [-0.4, -0.2) is 48.7 Å². The van der Waals surface area contributed by atoms with Gasteiger partial charge >= 0.3 is 0 Å². The molecule has 0 bridgehead atoms. The molecule has 6 nitrogen and oxygen atoms in total. The molecule has 172 valence electrons. The average molecular weight is 430 g/mol. The molecule has 0 saturated carbocycles. The smallest absolute Gasteiger partial charge is 0.251 e. The van der Waals surface area contributed by atoms with E-state index in [2.05, 4.69) is 44.3 Å². The predicted molar refractivity (Wildman–Crippen MR) is 125 cm³/mol. The summed E-state index contributed by atoms with van der Waals surface area (Å²) in [5.41, 5.74) is 2.99. The Morgan fingerprint density at radius 3 is 2.32 bits per heavy atom. The summed E-state index contributed by atoms with van der Waals surface area (Å²) in [6.45, 7) is 11.6. The van der Waals surface area contributed by atoms with Crippen LogP contribution in [0.3, 0.4) is 0 Å². The maximum Gasteiger partial charge on any atom is 0.251 e. The summed E-state index contributed by atoms with van der Waals surface area (Å²) >= 11 is 0. The van der Waals surface area contributed by atoms with Crippen molar-refractivity contribution in [3.63, 3.8) is 0 Å². The van der Waals surface area contributed by atoms with Crippen LogP contribution in [0.25, 0.3) is 0 Å². The molecular weight excluding hydrogens is 390 g/mol. The van der Waals surface area contributed by atoms with Gasteiger partial charge in [-0.1, -0.05) is 52.2 Å². The van der Waals surface area contributed by atoms with E-state index in [-0.39, 0.29) is 11.9 Å². The molecule has 1 unspecified atom stereocenters. The third-order valence-corrected chi connectivity index (χ3v) is 5.39. The lowest BCUT2D eigenvalue weighted by molar-refractivity contribution is 0.0468. The fourth-order valence-electron chi connectivity index (χ4n) is 3.22. The number of benzene rings is 1. The Labute approximate surface area is 187 Å². The second-order valence-corrected chi connectivity index (χ2v) is 8.25. The number of carbonyl (C=O) groups excluding carboxylic acids is 1. The highest BCUT2D eigenvalue weighted by Crippen LogP contribution is 2.20. The Kier molecular flexibility index (Phi) is 11.3. The highest BCUT2D eigenvalue weighted by molar-refractivity contribution is 5.94. The normalized spacial score (nSPS) is 12.3. The van der Waals surface area contributed by atoms with Gasteiger partial charge in [-0.25, -0.2) is 0 Å². The Balaban J connectivity index is 1.64. The van der Waals surface area contributed by atoms with E-state index in [0.29, 0.717) is 37.8 Å². The van der Waals surface area contributed by atoms with Crippen molar-refractivity contribution in [1.82, 2.24) is 15.1 Å². The Morgan fingerprint density at radius 2 is 1.68 bits per heavy atom. The number of hydrogen-bond donors (Lipinski definition) is 1. The quantitative estimate of drug-likeness (QED) is 0.407. The maximum atomic E-state index is 12.3. The fraction of sp³-hybridized carbons (Fsp3) is 0.600. The molecule has 1 aromatic carbocycles. The Bertz CT molecular complexity index is 756. The van der Waals surface area contributed by atoms with Crippen LogP contribution >= 0.6 is 0 Å². The van der Waals surface area contributed by atoms with Crippen molar-refractivity contribution in [3.8, 4) is 0 Å². The van der Waals surface area contributed by atoms with Crippen LogP contribution in [0.15, 0.2) is 36.7 Å². The fourth-order valence-corrected chi connectivity index (χ4v) is 3.22. The van der Waals surface area contributed by atoms with Crippen molar-refractivity contribution in [3.05, 3.63) is 53.3 Å². The lowest BCUT2D eigenvalue weighted by Crippen LogP contribution is -2.27. The topological polar surface area (TPSA) is 65.4 Å². The average Bonchev–Trinajstić information content (AvgIpc) is 3.27. The maximum absolute atomic E-state index is 12.3. The minimum absolute atomic E-state index is 0.0869. The molecule has 2 rings (SSSR count). The SMILES string of the molecule is CCCCCCOCCOCCNC(=O)c1ccc(C(C)n2cc(C(C)C)cn2)cc1. The van der Waals surface area contributed by atoms with Gasteiger partial charge < -0.3 is 14.8 Å². The first kappa shape index (κ1) is 25.1. The minimum atomic E-state index is -0.0869. The minimum Gasteiger partial charge on any atom is -0.379 e. The number of carbonyl (C=O) groups is 1. The van der Waals surface area contributed by atoms with Gasteiger partial charge in [0.2, 0.25) is 0 Å². The van der Waals surface area contributed by atoms with E-state index in [4.69, 9.17) is 9.47 Å². The van der Waals surface area contributed by atoms with Gasteiger partial charge in [-0.15, -0.1) is 0 Å². The summed E-state index contributed by atoms with van der Waals surface area (Å²) in [5, 5.41) is 7.38. The van der Waals surface area contributed by atoms with E-state index < -0.39 is 0 Å².